The topological polar surface area (TPSA) is 52.4 Å². The van der Waals surface area contributed by atoms with Gasteiger partial charge in [0, 0.05) is 26.1 Å². The molecular weight excluding hydrogens is 488 g/mol. The Morgan fingerprint density at radius 2 is 1.94 bits per heavy atom. The lowest BCUT2D eigenvalue weighted by Gasteiger charge is -2.26. The van der Waals surface area contributed by atoms with Crippen LogP contribution < -0.4 is 4.74 Å². The molecule has 0 radical (unpaired) electrons. The third-order valence-electron chi connectivity index (χ3n) is 6.05. The fourth-order valence-electron chi connectivity index (χ4n) is 4.38. The van der Waals surface area contributed by atoms with Crippen LogP contribution in [0.3, 0.4) is 0 Å². The standard InChI is InChI=1S/C24H27BrN4O2S/c1-16-22-23(24-19(26-16)14-20(25)32-24)29(15-17-5-7-18(30-2)8-6-17)21(27-22)4-3-9-28-10-12-31-13-11-28/h5-8,14H,3-4,9-13,15H2,1-2H3. The zero-order chi connectivity index (χ0) is 22.1. The monoisotopic (exact) mass is 514 g/mol. The third-order valence-corrected chi connectivity index (χ3v) is 7.69. The number of morpholine rings is 1. The van der Waals surface area contributed by atoms with Crippen molar-refractivity contribution >= 4 is 48.5 Å². The van der Waals surface area contributed by atoms with E-state index in [1.54, 1.807) is 18.4 Å². The summed E-state index contributed by atoms with van der Waals surface area (Å²) < 4.78 is 15.5. The average molecular weight is 515 g/mol. The van der Waals surface area contributed by atoms with Crippen molar-refractivity contribution in [3.05, 3.63) is 51.2 Å². The molecule has 32 heavy (non-hydrogen) atoms. The Morgan fingerprint density at radius 3 is 2.69 bits per heavy atom. The van der Waals surface area contributed by atoms with Gasteiger partial charge in [0.05, 0.1) is 45.5 Å². The number of aryl methyl sites for hydroxylation is 2. The lowest BCUT2D eigenvalue weighted by Crippen LogP contribution is -2.37. The first kappa shape index (κ1) is 21.8. The molecule has 6 nitrogen and oxygen atoms in total. The maximum Gasteiger partial charge on any atom is 0.118 e. The van der Waals surface area contributed by atoms with E-state index in [0.29, 0.717) is 0 Å². The molecule has 0 unspecified atom stereocenters. The minimum absolute atomic E-state index is 0.779. The number of hydrogen-bond donors (Lipinski definition) is 0. The van der Waals surface area contributed by atoms with Crippen molar-refractivity contribution in [2.45, 2.75) is 26.3 Å². The predicted molar refractivity (Wildman–Crippen MR) is 133 cm³/mol. The van der Waals surface area contributed by atoms with Gasteiger partial charge in [-0.25, -0.2) is 9.97 Å². The van der Waals surface area contributed by atoms with Gasteiger partial charge in [0.2, 0.25) is 0 Å². The molecular formula is C24H27BrN4O2S. The van der Waals surface area contributed by atoms with E-state index in [-0.39, 0.29) is 0 Å². The Kier molecular flexibility index (Phi) is 6.46. The lowest BCUT2D eigenvalue weighted by atomic mass is 10.2. The second-order valence-electron chi connectivity index (χ2n) is 8.18. The van der Waals surface area contributed by atoms with Crippen LogP contribution in [0, 0.1) is 6.92 Å². The van der Waals surface area contributed by atoms with E-state index >= 15 is 0 Å². The van der Waals surface area contributed by atoms with Crippen LogP contribution >= 0.6 is 27.3 Å². The summed E-state index contributed by atoms with van der Waals surface area (Å²) in [6, 6.07) is 10.4. The van der Waals surface area contributed by atoms with Crippen molar-refractivity contribution in [3.8, 4) is 5.75 Å². The van der Waals surface area contributed by atoms with Gasteiger partial charge in [-0.3, -0.25) is 4.90 Å². The number of methoxy groups -OCH3 is 1. The maximum absolute atomic E-state index is 5.49. The smallest absolute Gasteiger partial charge is 0.118 e. The van der Waals surface area contributed by atoms with Gasteiger partial charge in [-0.15, -0.1) is 11.3 Å². The number of rotatable bonds is 7. The quantitative estimate of drug-likeness (QED) is 0.345. The second-order valence-corrected chi connectivity index (χ2v) is 10.6. The highest BCUT2D eigenvalue weighted by molar-refractivity contribution is 9.11. The number of fused-ring (bicyclic) bond motifs is 3. The average Bonchev–Trinajstić information content (AvgIpc) is 3.35. The Balaban J connectivity index is 1.52. The van der Waals surface area contributed by atoms with Crippen LogP contribution in [0.2, 0.25) is 0 Å². The Labute approximate surface area is 200 Å². The molecule has 4 aromatic rings. The van der Waals surface area contributed by atoms with E-state index in [4.69, 9.17) is 19.4 Å². The van der Waals surface area contributed by atoms with Gasteiger partial charge in [-0.05, 0) is 59.6 Å². The number of pyridine rings is 1. The first-order valence-electron chi connectivity index (χ1n) is 11.0. The molecule has 8 heteroatoms. The zero-order valence-corrected chi connectivity index (χ0v) is 20.8. The Bertz CT molecular complexity index is 1230. The number of nitrogens with zero attached hydrogens (tertiary/aromatic N) is 4. The van der Waals surface area contributed by atoms with Crippen LogP contribution in [0.1, 0.15) is 23.5 Å². The van der Waals surface area contributed by atoms with Gasteiger partial charge in [0.1, 0.15) is 17.1 Å². The summed E-state index contributed by atoms with van der Waals surface area (Å²) in [4.78, 5) is 12.4. The van der Waals surface area contributed by atoms with Gasteiger partial charge in [0.25, 0.3) is 0 Å². The fourth-order valence-corrected chi connectivity index (χ4v) is 5.96. The molecule has 3 aromatic heterocycles. The van der Waals surface area contributed by atoms with Gasteiger partial charge in [-0.1, -0.05) is 12.1 Å². The van der Waals surface area contributed by atoms with Crippen molar-refractivity contribution in [2.75, 3.05) is 40.0 Å². The summed E-state index contributed by atoms with van der Waals surface area (Å²) in [5.41, 5.74) is 5.46. The predicted octanol–water partition coefficient (Wildman–Crippen LogP) is 5.04. The van der Waals surface area contributed by atoms with E-state index in [1.807, 2.05) is 12.1 Å². The van der Waals surface area contributed by atoms with Crippen molar-refractivity contribution < 1.29 is 9.47 Å². The van der Waals surface area contributed by atoms with E-state index in [1.165, 1.54) is 15.8 Å². The van der Waals surface area contributed by atoms with Crippen LogP contribution in [-0.4, -0.2) is 59.4 Å². The molecule has 0 amide bonds. The van der Waals surface area contributed by atoms with Crippen LogP contribution in [0.4, 0.5) is 0 Å². The first-order valence-corrected chi connectivity index (χ1v) is 12.6. The van der Waals surface area contributed by atoms with Gasteiger partial charge < -0.3 is 14.0 Å². The Morgan fingerprint density at radius 1 is 1.16 bits per heavy atom. The highest BCUT2D eigenvalue weighted by atomic mass is 79.9. The maximum atomic E-state index is 5.49. The van der Waals surface area contributed by atoms with Crippen LogP contribution in [0.5, 0.6) is 5.75 Å². The summed E-state index contributed by atoms with van der Waals surface area (Å²) in [5, 5.41) is 0. The SMILES string of the molecule is COc1ccc(Cn2c(CCCN3CCOCC3)nc3c(C)nc4cc(Br)sc4c32)cc1. The molecule has 1 saturated heterocycles. The van der Waals surface area contributed by atoms with Gasteiger partial charge >= 0.3 is 0 Å². The molecule has 1 aliphatic heterocycles. The van der Waals surface area contributed by atoms with E-state index < -0.39 is 0 Å². The van der Waals surface area contributed by atoms with Crippen LogP contribution in [0.25, 0.3) is 21.3 Å². The molecule has 0 saturated carbocycles. The summed E-state index contributed by atoms with van der Waals surface area (Å²) in [6.07, 6.45) is 2.02. The molecule has 0 atom stereocenters. The number of imidazole rings is 1. The molecule has 5 rings (SSSR count). The van der Waals surface area contributed by atoms with Crippen LogP contribution in [0.15, 0.2) is 34.1 Å². The van der Waals surface area contributed by atoms with Crippen molar-refractivity contribution in [1.82, 2.24) is 19.4 Å². The fraction of sp³-hybridized carbons (Fsp3) is 0.417. The summed E-state index contributed by atoms with van der Waals surface area (Å²) in [7, 11) is 1.70. The molecule has 4 heterocycles. The van der Waals surface area contributed by atoms with E-state index in [9.17, 15) is 0 Å². The zero-order valence-electron chi connectivity index (χ0n) is 18.4. The normalized spacial score (nSPS) is 15.1. The summed E-state index contributed by atoms with van der Waals surface area (Å²) in [6.45, 7) is 7.64. The highest BCUT2D eigenvalue weighted by Gasteiger charge is 2.19. The number of ether oxygens (including phenoxy) is 2. The molecule has 0 aliphatic carbocycles. The first-order chi connectivity index (χ1) is 15.6. The minimum Gasteiger partial charge on any atom is -0.497 e. The lowest BCUT2D eigenvalue weighted by molar-refractivity contribution is 0.0374. The summed E-state index contributed by atoms with van der Waals surface area (Å²) >= 11 is 5.39. The number of aromatic nitrogens is 3. The third kappa shape index (κ3) is 4.41. The molecule has 1 fully saturated rings. The molecule has 0 N–H and O–H groups in total. The van der Waals surface area contributed by atoms with E-state index in [2.05, 4.69) is 50.5 Å². The number of hydrogen-bond acceptors (Lipinski definition) is 6. The van der Waals surface area contributed by atoms with Gasteiger partial charge in [-0.2, -0.15) is 0 Å². The minimum atomic E-state index is 0.779. The molecule has 1 aromatic carbocycles. The summed E-state index contributed by atoms with van der Waals surface area (Å²) in [5.74, 6) is 2.01. The number of thiophene rings is 1. The molecule has 0 spiro atoms. The molecule has 1 aliphatic rings. The van der Waals surface area contributed by atoms with Crippen molar-refractivity contribution in [3.63, 3.8) is 0 Å². The number of benzene rings is 1. The molecule has 168 valence electrons. The van der Waals surface area contributed by atoms with E-state index in [0.717, 1.165) is 84.3 Å². The largest absolute Gasteiger partial charge is 0.497 e. The second kappa shape index (κ2) is 9.47. The highest BCUT2D eigenvalue weighted by Crippen LogP contribution is 2.36. The van der Waals surface area contributed by atoms with Crippen LogP contribution in [-0.2, 0) is 17.7 Å². The Hall–Kier alpha value is -2.00. The van der Waals surface area contributed by atoms with Crippen molar-refractivity contribution in [1.29, 1.82) is 0 Å². The van der Waals surface area contributed by atoms with Gasteiger partial charge in [0.15, 0.2) is 0 Å². The number of halogens is 1. The van der Waals surface area contributed by atoms with Crippen molar-refractivity contribution in [2.24, 2.45) is 0 Å². The molecule has 0 bridgehead atoms.